The summed E-state index contributed by atoms with van der Waals surface area (Å²) in [6, 6.07) is 6.86. The second kappa shape index (κ2) is 6.27. The van der Waals surface area contributed by atoms with Gasteiger partial charge in [-0.3, -0.25) is 0 Å². The second-order valence-corrected chi connectivity index (χ2v) is 7.44. The molecular formula is C17H25BrN2O. The maximum absolute atomic E-state index is 6.51. The Morgan fingerprint density at radius 1 is 1.48 bits per heavy atom. The Morgan fingerprint density at radius 3 is 3.10 bits per heavy atom. The van der Waals surface area contributed by atoms with Crippen molar-refractivity contribution >= 4 is 15.9 Å². The third kappa shape index (κ3) is 3.27. The number of piperidine rings is 1. The van der Waals surface area contributed by atoms with Crippen LogP contribution in [0, 0.1) is 0 Å². The average molecular weight is 353 g/mol. The van der Waals surface area contributed by atoms with Gasteiger partial charge in [-0.05, 0) is 51.5 Å². The van der Waals surface area contributed by atoms with E-state index in [0.29, 0.717) is 6.04 Å². The minimum Gasteiger partial charge on any atom is -0.485 e. The average Bonchev–Trinajstić information content (AvgIpc) is 2.44. The molecule has 3 rings (SSSR count). The summed E-state index contributed by atoms with van der Waals surface area (Å²) in [4.78, 5) is 2.41. The zero-order valence-electron chi connectivity index (χ0n) is 13.0. The third-order valence-electron chi connectivity index (χ3n) is 4.62. The standard InChI is InChI=1S/C17H25BrN2O/c1-3-8-19-15-11-17(7-4-9-20(2)12-17)21-16-10-13(18)5-6-14(15)16/h5-6,10,15,19H,3-4,7-9,11-12H2,1-2H3. The molecule has 2 atom stereocenters. The molecule has 4 heteroatoms. The van der Waals surface area contributed by atoms with Crippen molar-refractivity contribution in [1.82, 2.24) is 10.2 Å². The highest BCUT2D eigenvalue weighted by molar-refractivity contribution is 9.10. The van der Waals surface area contributed by atoms with Gasteiger partial charge >= 0.3 is 0 Å². The zero-order valence-corrected chi connectivity index (χ0v) is 14.6. The van der Waals surface area contributed by atoms with E-state index in [1.54, 1.807) is 0 Å². The monoisotopic (exact) mass is 352 g/mol. The van der Waals surface area contributed by atoms with Crippen LogP contribution in [-0.2, 0) is 0 Å². The van der Waals surface area contributed by atoms with Gasteiger partial charge in [0.25, 0.3) is 0 Å². The third-order valence-corrected chi connectivity index (χ3v) is 5.12. The van der Waals surface area contributed by atoms with Crippen LogP contribution in [0.5, 0.6) is 5.75 Å². The molecule has 1 aromatic rings. The summed E-state index contributed by atoms with van der Waals surface area (Å²) in [5, 5.41) is 3.72. The number of likely N-dealkylation sites (N-methyl/N-ethyl adjacent to an activating group) is 1. The highest BCUT2D eigenvalue weighted by Crippen LogP contribution is 2.44. The van der Waals surface area contributed by atoms with Gasteiger partial charge in [0.1, 0.15) is 11.4 Å². The van der Waals surface area contributed by atoms with Gasteiger partial charge < -0.3 is 15.0 Å². The van der Waals surface area contributed by atoms with Crippen LogP contribution >= 0.6 is 15.9 Å². The Bertz CT molecular complexity index is 508. The summed E-state index contributed by atoms with van der Waals surface area (Å²) in [6.07, 6.45) is 4.62. The molecule has 0 aromatic heterocycles. The van der Waals surface area contributed by atoms with Crippen LogP contribution in [0.2, 0.25) is 0 Å². The maximum atomic E-state index is 6.51. The molecule has 1 saturated heterocycles. The van der Waals surface area contributed by atoms with Crippen molar-refractivity contribution in [3.63, 3.8) is 0 Å². The highest BCUT2D eigenvalue weighted by Gasteiger charge is 2.43. The molecule has 3 nitrogen and oxygen atoms in total. The Hall–Kier alpha value is -0.580. The summed E-state index contributed by atoms with van der Waals surface area (Å²) in [5.41, 5.74) is 1.29. The number of ether oxygens (including phenoxy) is 1. The molecule has 1 aromatic carbocycles. The molecule has 1 fully saturated rings. The Morgan fingerprint density at radius 2 is 2.33 bits per heavy atom. The maximum Gasteiger partial charge on any atom is 0.126 e. The minimum atomic E-state index is -0.0216. The lowest BCUT2D eigenvalue weighted by Crippen LogP contribution is -2.54. The highest BCUT2D eigenvalue weighted by atomic mass is 79.9. The lowest BCUT2D eigenvalue weighted by molar-refractivity contribution is -0.0270. The molecule has 2 heterocycles. The number of nitrogens with one attached hydrogen (secondary N) is 1. The first kappa shape index (κ1) is 15.3. The van der Waals surface area contributed by atoms with Gasteiger partial charge in [0.05, 0.1) is 0 Å². The number of halogens is 1. The van der Waals surface area contributed by atoms with Crippen LogP contribution in [0.25, 0.3) is 0 Å². The number of benzene rings is 1. The van der Waals surface area contributed by atoms with Gasteiger partial charge in [-0.25, -0.2) is 0 Å². The van der Waals surface area contributed by atoms with Gasteiger partial charge in [0, 0.05) is 29.0 Å². The minimum absolute atomic E-state index is 0.0216. The number of likely N-dealkylation sites (tertiary alicyclic amines) is 1. The van der Waals surface area contributed by atoms with E-state index in [0.717, 1.165) is 42.6 Å². The van der Waals surface area contributed by atoms with E-state index in [2.05, 4.69) is 58.3 Å². The van der Waals surface area contributed by atoms with Crippen molar-refractivity contribution in [3.05, 3.63) is 28.2 Å². The molecule has 2 aliphatic rings. The fourth-order valence-corrected chi connectivity index (χ4v) is 4.05. The van der Waals surface area contributed by atoms with Gasteiger partial charge in [0.2, 0.25) is 0 Å². The van der Waals surface area contributed by atoms with E-state index >= 15 is 0 Å². The van der Waals surface area contributed by atoms with Crippen LogP contribution in [0.3, 0.4) is 0 Å². The Kier molecular flexibility index (Phi) is 4.57. The van der Waals surface area contributed by atoms with Crippen molar-refractivity contribution in [2.75, 3.05) is 26.7 Å². The topological polar surface area (TPSA) is 24.5 Å². The number of fused-ring (bicyclic) bond motifs is 1. The van der Waals surface area contributed by atoms with E-state index in [4.69, 9.17) is 4.74 Å². The summed E-state index contributed by atoms with van der Waals surface area (Å²) >= 11 is 3.58. The first-order valence-corrected chi connectivity index (χ1v) is 8.81. The summed E-state index contributed by atoms with van der Waals surface area (Å²) in [5.74, 6) is 1.06. The molecule has 0 aliphatic carbocycles. The van der Waals surface area contributed by atoms with Crippen LogP contribution in [0.15, 0.2) is 22.7 Å². The molecule has 0 saturated carbocycles. The predicted molar refractivity (Wildman–Crippen MR) is 89.9 cm³/mol. The molecule has 116 valence electrons. The van der Waals surface area contributed by atoms with E-state index in [-0.39, 0.29) is 5.60 Å². The molecule has 21 heavy (non-hydrogen) atoms. The summed E-state index contributed by atoms with van der Waals surface area (Å²) in [7, 11) is 2.20. The molecule has 1 spiro atoms. The van der Waals surface area contributed by atoms with Crippen molar-refractivity contribution in [3.8, 4) is 5.75 Å². The summed E-state index contributed by atoms with van der Waals surface area (Å²) in [6.45, 7) is 5.50. The van der Waals surface area contributed by atoms with E-state index in [1.165, 1.54) is 18.5 Å². The van der Waals surface area contributed by atoms with E-state index in [9.17, 15) is 0 Å². The van der Waals surface area contributed by atoms with Crippen LogP contribution < -0.4 is 10.1 Å². The van der Waals surface area contributed by atoms with Gasteiger partial charge in [-0.2, -0.15) is 0 Å². The largest absolute Gasteiger partial charge is 0.485 e. The van der Waals surface area contributed by atoms with Crippen molar-refractivity contribution in [2.24, 2.45) is 0 Å². The van der Waals surface area contributed by atoms with E-state index in [1.807, 2.05) is 0 Å². The fourth-order valence-electron chi connectivity index (χ4n) is 3.71. The number of rotatable bonds is 3. The lowest BCUT2D eigenvalue weighted by Gasteiger charge is -2.47. The van der Waals surface area contributed by atoms with Crippen LogP contribution in [0.1, 0.15) is 44.2 Å². The SMILES string of the molecule is CCCNC1CC2(CCCN(C)C2)Oc2cc(Br)ccc21. The molecule has 2 aliphatic heterocycles. The second-order valence-electron chi connectivity index (χ2n) is 6.52. The molecule has 0 radical (unpaired) electrons. The van der Waals surface area contributed by atoms with Crippen LogP contribution in [0.4, 0.5) is 0 Å². The predicted octanol–water partition coefficient (Wildman–Crippen LogP) is 3.74. The normalized spacial score (nSPS) is 29.2. The summed E-state index contributed by atoms with van der Waals surface area (Å²) < 4.78 is 7.60. The smallest absolute Gasteiger partial charge is 0.126 e. The first-order valence-electron chi connectivity index (χ1n) is 8.02. The quantitative estimate of drug-likeness (QED) is 0.896. The number of nitrogens with zero attached hydrogens (tertiary/aromatic N) is 1. The fraction of sp³-hybridized carbons (Fsp3) is 0.647. The van der Waals surface area contributed by atoms with Gasteiger partial charge in [0.15, 0.2) is 0 Å². The number of hydrogen-bond donors (Lipinski definition) is 1. The molecular weight excluding hydrogens is 328 g/mol. The lowest BCUT2D eigenvalue weighted by atomic mass is 9.81. The van der Waals surface area contributed by atoms with Crippen molar-refractivity contribution in [1.29, 1.82) is 0 Å². The first-order chi connectivity index (χ1) is 10.1. The molecule has 0 bridgehead atoms. The van der Waals surface area contributed by atoms with E-state index < -0.39 is 0 Å². The zero-order chi connectivity index (χ0) is 14.9. The Labute approximate surface area is 136 Å². The molecule has 2 unspecified atom stereocenters. The van der Waals surface area contributed by atoms with Gasteiger partial charge in [-0.1, -0.05) is 28.9 Å². The Balaban J connectivity index is 1.90. The molecule has 0 amide bonds. The van der Waals surface area contributed by atoms with Gasteiger partial charge in [-0.15, -0.1) is 0 Å². The van der Waals surface area contributed by atoms with Crippen molar-refractivity contribution < 1.29 is 4.74 Å². The number of hydrogen-bond acceptors (Lipinski definition) is 3. The van der Waals surface area contributed by atoms with Crippen molar-refractivity contribution in [2.45, 2.75) is 44.2 Å². The van der Waals surface area contributed by atoms with Crippen LogP contribution in [-0.4, -0.2) is 37.2 Å². The molecule has 1 N–H and O–H groups in total.